The van der Waals surface area contributed by atoms with Crippen LogP contribution >= 0.6 is 0 Å². The van der Waals surface area contributed by atoms with Crippen LogP contribution in [0.4, 0.5) is 0 Å². The summed E-state index contributed by atoms with van der Waals surface area (Å²) in [5.41, 5.74) is 2.53. The Labute approximate surface area is 101 Å². The van der Waals surface area contributed by atoms with Crippen LogP contribution in [0.1, 0.15) is 25.2 Å². The predicted molar refractivity (Wildman–Crippen MR) is 66.3 cm³/mol. The second-order valence-corrected chi connectivity index (χ2v) is 3.45. The third kappa shape index (κ3) is 4.41. The fraction of sp³-hybridized carbons (Fsp3) is 0.600. The highest BCUT2D eigenvalue weighted by atomic mass is 16.5. The summed E-state index contributed by atoms with van der Waals surface area (Å²) in [6.07, 6.45) is 4.38. The Hall–Kier alpha value is -1.60. The Balaban J connectivity index is 2.56. The van der Waals surface area contributed by atoms with E-state index in [0.717, 1.165) is 12.2 Å². The standard InChI is InChI=1S/C10H20N6O/c1-3-8(9-12-4-5-13-9)15-10(16-11)14-6-7-17-2/h4-5,8H,3,6-7,11H2,1-2H3,(H,12,13)(H2,14,15,16). The number of hydrogen-bond donors (Lipinski definition) is 4. The number of aromatic nitrogens is 2. The van der Waals surface area contributed by atoms with E-state index < -0.39 is 0 Å². The summed E-state index contributed by atoms with van der Waals surface area (Å²) in [6, 6.07) is 0.0577. The lowest BCUT2D eigenvalue weighted by atomic mass is 10.2. The molecular formula is C10H20N6O. The maximum Gasteiger partial charge on any atom is 0.206 e. The number of aliphatic imine (C=N–C) groups is 1. The Morgan fingerprint density at radius 2 is 2.53 bits per heavy atom. The summed E-state index contributed by atoms with van der Waals surface area (Å²) in [4.78, 5) is 11.5. The third-order valence-corrected chi connectivity index (χ3v) is 2.27. The molecule has 1 rings (SSSR count). The minimum Gasteiger partial charge on any atom is -0.383 e. The van der Waals surface area contributed by atoms with Crippen LogP contribution in [0.5, 0.6) is 0 Å². The van der Waals surface area contributed by atoms with E-state index in [9.17, 15) is 0 Å². The predicted octanol–water partition coefficient (Wildman–Crippen LogP) is -0.0839. The van der Waals surface area contributed by atoms with E-state index in [4.69, 9.17) is 10.6 Å². The van der Waals surface area contributed by atoms with Gasteiger partial charge in [-0.15, -0.1) is 0 Å². The van der Waals surface area contributed by atoms with Crippen molar-refractivity contribution in [1.82, 2.24) is 20.7 Å². The first-order chi connectivity index (χ1) is 8.31. The van der Waals surface area contributed by atoms with Gasteiger partial charge in [-0.2, -0.15) is 0 Å². The molecule has 0 saturated heterocycles. The van der Waals surface area contributed by atoms with E-state index in [0.29, 0.717) is 19.1 Å². The van der Waals surface area contributed by atoms with Gasteiger partial charge in [-0.25, -0.2) is 15.8 Å². The topological polar surface area (TPSA) is 100 Å². The second-order valence-electron chi connectivity index (χ2n) is 3.45. The summed E-state index contributed by atoms with van der Waals surface area (Å²) in [6.45, 7) is 3.17. The Bertz CT molecular complexity index is 324. The smallest absolute Gasteiger partial charge is 0.206 e. The molecule has 1 aromatic rings. The highest BCUT2D eigenvalue weighted by Gasteiger charge is 2.12. The normalized spacial score (nSPS) is 13.5. The molecule has 1 atom stereocenters. The molecule has 1 unspecified atom stereocenters. The van der Waals surface area contributed by atoms with Gasteiger partial charge in [-0.3, -0.25) is 5.43 Å². The third-order valence-electron chi connectivity index (χ3n) is 2.27. The number of hydrogen-bond acceptors (Lipinski definition) is 4. The monoisotopic (exact) mass is 240 g/mol. The molecule has 0 aliphatic rings. The van der Waals surface area contributed by atoms with Crippen molar-refractivity contribution in [3.8, 4) is 0 Å². The summed E-state index contributed by atoms with van der Waals surface area (Å²) >= 11 is 0. The van der Waals surface area contributed by atoms with Crippen molar-refractivity contribution >= 4 is 5.96 Å². The van der Waals surface area contributed by atoms with Gasteiger partial charge in [-0.05, 0) is 6.42 Å². The van der Waals surface area contributed by atoms with E-state index in [-0.39, 0.29) is 6.04 Å². The fourth-order valence-electron chi connectivity index (χ4n) is 1.38. The minimum absolute atomic E-state index is 0.0577. The zero-order chi connectivity index (χ0) is 12.5. The van der Waals surface area contributed by atoms with Crippen LogP contribution in [0, 0.1) is 0 Å². The number of nitrogens with one attached hydrogen (secondary N) is 3. The first-order valence-electron chi connectivity index (χ1n) is 5.57. The lowest BCUT2D eigenvalue weighted by molar-refractivity contribution is 0.208. The summed E-state index contributed by atoms with van der Waals surface area (Å²) in [5.74, 6) is 6.79. The number of rotatable bonds is 6. The van der Waals surface area contributed by atoms with Crippen LogP contribution in [-0.4, -0.2) is 36.2 Å². The number of nitrogens with two attached hydrogens (primary N) is 1. The number of hydrazine groups is 1. The van der Waals surface area contributed by atoms with E-state index >= 15 is 0 Å². The average molecular weight is 240 g/mol. The number of nitrogens with zero attached hydrogens (tertiary/aromatic N) is 2. The molecule has 0 aliphatic heterocycles. The largest absolute Gasteiger partial charge is 0.383 e. The van der Waals surface area contributed by atoms with Crippen molar-refractivity contribution in [2.75, 3.05) is 20.3 Å². The zero-order valence-corrected chi connectivity index (χ0v) is 10.2. The van der Waals surface area contributed by atoms with Crippen molar-refractivity contribution in [2.24, 2.45) is 10.8 Å². The Morgan fingerprint density at radius 1 is 1.71 bits per heavy atom. The molecular weight excluding hydrogens is 220 g/mol. The molecule has 7 heteroatoms. The SMILES string of the molecule is CCC(NC(=NCCOC)NN)c1ncc[nH]1. The summed E-state index contributed by atoms with van der Waals surface area (Å²) < 4.78 is 4.92. The molecule has 0 aromatic carbocycles. The van der Waals surface area contributed by atoms with Gasteiger partial charge < -0.3 is 15.0 Å². The van der Waals surface area contributed by atoms with Crippen LogP contribution in [0.15, 0.2) is 17.4 Å². The number of H-pyrrole nitrogens is 1. The molecule has 1 aromatic heterocycles. The number of aromatic amines is 1. The lowest BCUT2D eigenvalue weighted by Crippen LogP contribution is -2.43. The number of guanidine groups is 1. The molecule has 0 saturated carbocycles. The van der Waals surface area contributed by atoms with Gasteiger partial charge in [0.1, 0.15) is 5.82 Å². The molecule has 0 radical (unpaired) electrons. The molecule has 7 nitrogen and oxygen atoms in total. The molecule has 1 heterocycles. The molecule has 0 amide bonds. The van der Waals surface area contributed by atoms with E-state index in [1.165, 1.54) is 0 Å². The first kappa shape index (κ1) is 13.5. The Kier molecular flexibility index (Phi) is 6.05. The average Bonchev–Trinajstić information content (AvgIpc) is 2.87. The fourth-order valence-corrected chi connectivity index (χ4v) is 1.38. The van der Waals surface area contributed by atoms with Gasteiger partial charge in [-0.1, -0.05) is 6.92 Å². The summed E-state index contributed by atoms with van der Waals surface area (Å²) in [5, 5.41) is 3.18. The molecule has 0 fully saturated rings. The zero-order valence-electron chi connectivity index (χ0n) is 10.2. The van der Waals surface area contributed by atoms with Crippen molar-refractivity contribution in [3.05, 3.63) is 18.2 Å². The van der Waals surface area contributed by atoms with Gasteiger partial charge in [0.05, 0.1) is 19.2 Å². The van der Waals surface area contributed by atoms with E-state index in [1.54, 1.807) is 19.5 Å². The maximum atomic E-state index is 5.40. The molecule has 17 heavy (non-hydrogen) atoms. The van der Waals surface area contributed by atoms with Crippen LogP contribution in [0.2, 0.25) is 0 Å². The quantitative estimate of drug-likeness (QED) is 0.183. The van der Waals surface area contributed by atoms with Crippen molar-refractivity contribution in [1.29, 1.82) is 0 Å². The molecule has 0 aliphatic carbocycles. The van der Waals surface area contributed by atoms with Gasteiger partial charge in [0.2, 0.25) is 5.96 Å². The molecule has 5 N–H and O–H groups in total. The van der Waals surface area contributed by atoms with E-state index in [1.807, 2.05) is 0 Å². The molecule has 96 valence electrons. The number of ether oxygens (including phenoxy) is 1. The van der Waals surface area contributed by atoms with Crippen LogP contribution in [-0.2, 0) is 4.74 Å². The van der Waals surface area contributed by atoms with Crippen molar-refractivity contribution in [2.45, 2.75) is 19.4 Å². The highest BCUT2D eigenvalue weighted by Crippen LogP contribution is 2.10. The number of imidazole rings is 1. The van der Waals surface area contributed by atoms with Crippen molar-refractivity contribution in [3.63, 3.8) is 0 Å². The highest BCUT2D eigenvalue weighted by molar-refractivity contribution is 5.79. The first-order valence-corrected chi connectivity index (χ1v) is 5.57. The maximum absolute atomic E-state index is 5.40. The van der Waals surface area contributed by atoms with Crippen molar-refractivity contribution < 1.29 is 4.74 Å². The molecule has 0 spiro atoms. The van der Waals surface area contributed by atoms with Crippen LogP contribution in [0.3, 0.4) is 0 Å². The van der Waals surface area contributed by atoms with Gasteiger partial charge in [0, 0.05) is 19.5 Å². The summed E-state index contributed by atoms with van der Waals surface area (Å²) in [7, 11) is 1.64. The second kappa shape index (κ2) is 7.64. The Morgan fingerprint density at radius 3 is 3.06 bits per heavy atom. The molecule has 0 bridgehead atoms. The van der Waals surface area contributed by atoms with Crippen LogP contribution < -0.4 is 16.6 Å². The van der Waals surface area contributed by atoms with Gasteiger partial charge in [0.25, 0.3) is 0 Å². The minimum atomic E-state index is 0.0577. The van der Waals surface area contributed by atoms with Crippen LogP contribution in [0.25, 0.3) is 0 Å². The van der Waals surface area contributed by atoms with Gasteiger partial charge >= 0.3 is 0 Å². The van der Waals surface area contributed by atoms with Gasteiger partial charge in [0.15, 0.2) is 0 Å². The number of methoxy groups -OCH3 is 1. The lowest BCUT2D eigenvalue weighted by Gasteiger charge is -2.17. The van der Waals surface area contributed by atoms with E-state index in [2.05, 4.69) is 32.6 Å².